The Hall–Kier alpha value is -7.85. The number of carboxylic acid groups (broad SMARTS) is 2. The molecule has 0 spiro atoms. The average molecular weight is 1330 g/mol. The van der Waals surface area contributed by atoms with Crippen LogP contribution < -0.4 is 9.80 Å². The van der Waals surface area contributed by atoms with E-state index in [9.17, 15) is 19.8 Å². The first-order valence-corrected chi connectivity index (χ1v) is 33.7. The number of aromatic nitrogens is 7. The first-order valence-electron chi connectivity index (χ1n) is 31.3. The molecule has 3 unspecified atom stereocenters. The van der Waals surface area contributed by atoms with Crippen LogP contribution in [0.15, 0.2) is 109 Å². The molecule has 93 heavy (non-hydrogen) atoms. The van der Waals surface area contributed by atoms with Gasteiger partial charge in [0.05, 0.1) is 54.1 Å². The molecule has 0 saturated carbocycles. The summed E-state index contributed by atoms with van der Waals surface area (Å²) in [5.74, 6) is -0.335. The van der Waals surface area contributed by atoms with Crippen molar-refractivity contribution in [1.29, 1.82) is 0 Å². The van der Waals surface area contributed by atoms with Crippen LogP contribution >= 0.6 is 45.9 Å². The fourth-order valence-electron chi connectivity index (χ4n) is 13.3. The van der Waals surface area contributed by atoms with Crippen LogP contribution in [-0.4, -0.2) is 143 Å². The molecule has 0 aliphatic carbocycles. The number of piperazine rings is 2. The number of halogens is 2. The predicted molar refractivity (Wildman–Crippen MR) is 377 cm³/mol. The highest BCUT2D eigenvalue weighted by atomic mass is 35.5. The molecule has 5 aromatic heterocycles. The van der Waals surface area contributed by atoms with Crippen molar-refractivity contribution in [2.45, 2.75) is 91.8 Å². The molecule has 7 heterocycles. The second kappa shape index (κ2) is 24.8. The van der Waals surface area contributed by atoms with Crippen LogP contribution in [0, 0.1) is 20.8 Å². The van der Waals surface area contributed by atoms with Crippen molar-refractivity contribution in [2.75, 3.05) is 69.2 Å². The summed E-state index contributed by atoms with van der Waals surface area (Å²) >= 11 is 16.0. The Morgan fingerprint density at radius 3 is 1.59 bits per heavy atom. The van der Waals surface area contributed by atoms with E-state index in [0.29, 0.717) is 21.2 Å². The lowest BCUT2D eigenvalue weighted by atomic mass is 9.91. The lowest BCUT2D eigenvalue weighted by molar-refractivity contribution is -0.161. The molecule has 11 aromatic rings. The standard InChI is InChI=1S/C72H75Cl2N11O6S2/c1-39-31-53-64(60(42-13-19-47(73)20-14-42)58(39)62(69(86)87)90-71(4,5)6)92-67(76-53)45-18-24-56-51(34-45)66(79-82(56)12)84-29-26-83(27-30-84)37-49-38-85(28-25-80(49)10)57-36-46(35-52(75-57)44-17-23-55-50(33-44)41(3)78-81(55)11)68-77-54-32-40(2)59(63(70(88)89)91-72(7,8)9)61(65(54)93-68)43-15-21-48(74)22-16-43/h13-24,31-36,49,62-63H,25-30,37-38H2,1-12H3,(H,86,87)(H,88,89). The van der Waals surface area contributed by atoms with Crippen molar-refractivity contribution in [3.63, 3.8) is 0 Å². The summed E-state index contributed by atoms with van der Waals surface area (Å²) in [6, 6.07) is 36.3. The first kappa shape index (κ1) is 63.9. The van der Waals surface area contributed by atoms with Crippen LogP contribution in [0.3, 0.4) is 0 Å². The lowest BCUT2D eigenvalue weighted by Crippen LogP contribution is -2.58. The molecular formula is C72H75Cl2N11O6S2. The van der Waals surface area contributed by atoms with Crippen LogP contribution in [-0.2, 0) is 33.2 Å². The third kappa shape index (κ3) is 12.7. The van der Waals surface area contributed by atoms with E-state index >= 15 is 0 Å². The second-order valence-electron chi connectivity index (χ2n) is 26.7. The molecule has 13 rings (SSSR count). The van der Waals surface area contributed by atoms with Crippen molar-refractivity contribution < 1.29 is 29.3 Å². The summed E-state index contributed by atoms with van der Waals surface area (Å²) in [5.41, 5.74) is 12.6. The van der Waals surface area contributed by atoms with Gasteiger partial charge in [0.2, 0.25) is 0 Å². The summed E-state index contributed by atoms with van der Waals surface area (Å²) in [6.45, 7) is 23.7. The number of hydrogen-bond acceptors (Lipinski definition) is 15. The summed E-state index contributed by atoms with van der Waals surface area (Å²) in [7, 11) is 6.19. The molecule has 0 amide bonds. The van der Waals surface area contributed by atoms with Gasteiger partial charge in [-0.1, -0.05) is 53.5 Å². The molecule has 2 fully saturated rings. The van der Waals surface area contributed by atoms with Gasteiger partial charge < -0.3 is 29.5 Å². The maximum Gasteiger partial charge on any atom is 0.337 e. The topological polar surface area (TPSA) is 180 Å². The minimum Gasteiger partial charge on any atom is -0.479 e. The maximum absolute atomic E-state index is 13.2. The number of aryl methyl sites for hydroxylation is 5. The van der Waals surface area contributed by atoms with E-state index in [-0.39, 0.29) is 6.04 Å². The Bertz CT molecular complexity index is 4730. The first-order chi connectivity index (χ1) is 44.2. The van der Waals surface area contributed by atoms with Crippen molar-refractivity contribution >= 4 is 112 Å². The van der Waals surface area contributed by atoms with E-state index in [1.165, 1.54) is 0 Å². The SMILES string of the molecule is Cc1cc2nc(-c3cc(-c4ccc5c(c4)c(C)nn5C)nc(N4CCN(C)C(CN5CCN(c6nn(C)c7ccc(-c8nc9cc(C)c(C(OC(C)(C)C)C(=O)O)c(-c%10ccc(Cl)cc%10)c9s8)cc67)CC5)C4)c3)sc2c(-c2ccc(Cl)cc2)c1C(OC(C)(C)C)C(=O)O. The monoisotopic (exact) mass is 1320 g/mol. The van der Waals surface area contributed by atoms with Gasteiger partial charge >= 0.3 is 11.9 Å². The van der Waals surface area contributed by atoms with Crippen LogP contribution in [0.4, 0.5) is 11.6 Å². The summed E-state index contributed by atoms with van der Waals surface area (Å²) in [5, 5.41) is 36.2. The highest BCUT2D eigenvalue weighted by Crippen LogP contribution is 2.48. The van der Waals surface area contributed by atoms with Gasteiger partial charge in [-0.15, -0.1) is 22.7 Å². The number of carboxylic acids is 2. The predicted octanol–water partition coefficient (Wildman–Crippen LogP) is 15.5. The van der Waals surface area contributed by atoms with E-state index in [1.54, 1.807) is 22.7 Å². The van der Waals surface area contributed by atoms with Gasteiger partial charge in [-0.2, -0.15) is 10.2 Å². The van der Waals surface area contributed by atoms with Gasteiger partial charge in [0.1, 0.15) is 15.8 Å². The van der Waals surface area contributed by atoms with E-state index in [0.717, 1.165) is 178 Å². The highest BCUT2D eigenvalue weighted by molar-refractivity contribution is 7.22. The zero-order valence-corrected chi connectivity index (χ0v) is 57.4. The van der Waals surface area contributed by atoms with Crippen molar-refractivity contribution in [2.24, 2.45) is 14.1 Å². The van der Waals surface area contributed by atoms with Gasteiger partial charge in [-0.3, -0.25) is 19.2 Å². The summed E-state index contributed by atoms with van der Waals surface area (Å²) < 4.78 is 18.2. The molecule has 0 radical (unpaired) electrons. The largest absolute Gasteiger partial charge is 0.479 e. The molecular weight excluding hydrogens is 1250 g/mol. The van der Waals surface area contributed by atoms with E-state index in [4.69, 9.17) is 57.8 Å². The number of nitrogens with zero attached hydrogens (tertiary/aromatic N) is 11. The molecule has 2 N–H and O–H groups in total. The number of benzene rings is 6. The number of ether oxygens (including phenoxy) is 2. The zero-order chi connectivity index (χ0) is 65.7. The number of hydrogen-bond donors (Lipinski definition) is 2. The number of pyridine rings is 1. The van der Waals surface area contributed by atoms with E-state index in [1.807, 2.05) is 146 Å². The zero-order valence-electron chi connectivity index (χ0n) is 54.3. The smallest absolute Gasteiger partial charge is 0.337 e. The molecule has 2 aliphatic heterocycles. The number of carbonyl (C=O) groups is 2. The molecule has 0 bridgehead atoms. The van der Waals surface area contributed by atoms with Crippen molar-refractivity contribution in [3.8, 4) is 54.7 Å². The number of rotatable bonds is 15. The Balaban J connectivity index is 0.790. The third-order valence-corrected chi connectivity index (χ3v) is 20.5. The normalized spacial score (nSPS) is 16.2. The molecule has 21 heteroatoms. The average Bonchev–Trinajstić information content (AvgIpc) is 1.75. The minimum absolute atomic E-state index is 0.199. The molecule has 2 saturated heterocycles. The van der Waals surface area contributed by atoms with Crippen LogP contribution in [0.25, 0.3) is 96.9 Å². The van der Waals surface area contributed by atoms with Gasteiger partial charge in [0, 0.05) is 132 Å². The highest BCUT2D eigenvalue weighted by Gasteiger charge is 2.36. The summed E-state index contributed by atoms with van der Waals surface area (Å²) in [6.07, 6.45) is -2.46. The molecule has 3 atom stereocenters. The van der Waals surface area contributed by atoms with E-state index in [2.05, 4.69) is 75.2 Å². The van der Waals surface area contributed by atoms with Crippen LogP contribution in [0.1, 0.15) is 81.7 Å². The second-order valence-corrected chi connectivity index (χ2v) is 29.6. The Labute approximate surface area is 558 Å². The fraction of sp³-hybridized carbons (Fsp3) is 0.347. The third-order valence-electron chi connectivity index (χ3n) is 17.7. The number of thiazole rings is 2. The Morgan fingerprint density at radius 2 is 1.05 bits per heavy atom. The van der Waals surface area contributed by atoms with Gasteiger partial charge in [-0.05, 0) is 170 Å². The number of aliphatic carboxylic acids is 2. The Kier molecular flexibility index (Phi) is 17.0. The van der Waals surface area contributed by atoms with Gasteiger partial charge in [-0.25, -0.2) is 24.5 Å². The number of anilines is 2. The number of likely N-dealkylation sites (N-methyl/N-ethyl adjacent to an activating group) is 1. The van der Waals surface area contributed by atoms with Crippen molar-refractivity contribution in [3.05, 3.63) is 147 Å². The molecule has 6 aromatic carbocycles. The van der Waals surface area contributed by atoms with E-state index < -0.39 is 35.3 Å². The van der Waals surface area contributed by atoms with Gasteiger partial charge in [0.25, 0.3) is 0 Å². The van der Waals surface area contributed by atoms with Gasteiger partial charge in [0.15, 0.2) is 18.0 Å². The fourth-order valence-corrected chi connectivity index (χ4v) is 15.8. The maximum atomic E-state index is 13.2. The van der Waals surface area contributed by atoms with Crippen LogP contribution in [0.2, 0.25) is 10.0 Å². The van der Waals surface area contributed by atoms with Crippen LogP contribution in [0.5, 0.6) is 0 Å². The molecule has 17 nitrogen and oxygen atoms in total. The molecule has 2 aliphatic rings. The minimum atomic E-state index is -1.24. The van der Waals surface area contributed by atoms with Crippen molar-refractivity contribution in [1.82, 2.24) is 44.3 Å². The Morgan fingerprint density at radius 1 is 0.570 bits per heavy atom. The summed E-state index contributed by atoms with van der Waals surface area (Å²) in [4.78, 5) is 52.2. The number of fused-ring (bicyclic) bond motifs is 4. The quantitative estimate of drug-likeness (QED) is 0.0989. The molecule has 480 valence electrons. The lowest BCUT2D eigenvalue weighted by Gasteiger charge is -2.44.